The zero-order valence-corrected chi connectivity index (χ0v) is 8.31. The molecule has 0 heterocycles. The first-order valence-corrected chi connectivity index (χ1v) is 5.49. The normalized spacial score (nSPS) is 13.7. The third-order valence-electron chi connectivity index (χ3n) is 1.22. The SMILES string of the molecule is CCC(CCS)SCS. The van der Waals surface area contributed by atoms with E-state index in [1.165, 1.54) is 12.8 Å². The topological polar surface area (TPSA) is 0 Å². The van der Waals surface area contributed by atoms with Crippen molar-refractivity contribution in [1.82, 2.24) is 0 Å². The lowest BCUT2D eigenvalue weighted by atomic mass is 10.3. The van der Waals surface area contributed by atoms with Crippen molar-refractivity contribution in [2.75, 3.05) is 10.8 Å². The predicted molar refractivity (Wildman–Crippen MR) is 54.0 cm³/mol. The van der Waals surface area contributed by atoms with Gasteiger partial charge in [0.25, 0.3) is 0 Å². The summed E-state index contributed by atoms with van der Waals surface area (Å²) in [6, 6.07) is 0. The molecule has 0 aliphatic heterocycles. The standard InChI is InChI=1S/C6H14S3/c1-2-6(3-4-7)9-5-8/h6-8H,2-5H2,1H3. The van der Waals surface area contributed by atoms with Crippen LogP contribution in [0.2, 0.25) is 0 Å². The van der Waals surface area contributed by atoms with Crippen molar-refractivity contribution in [2.45, 2.75) is 25.0 Å². The van der Waals surface area contributed by atoms with E-state index in [0.717, 1.165) is 16.1 Å². The molecule has 1 atom stereocenters. The fourth-order valence-corrected chi connectivity index (χ4v) is 2.50. The first-order chi connectivity index (χ1) is 4.35. The van der Waals surface area contributed by atoms with E-state index in [0.29, 0.717) is 0 Å². The number of thiol groups is 2. The number of rotatable bonds is 5. The second kappa shape index (κ2) is 7.16. The van der Waals surface area contributed by atoms with Crippen LogP contribution in [-0.2, 0) is 0 Å². The number of thioether (sulfide) groups is 1. The Morgan fingerprint density at radius 1 is 1.44 bits per heavy atom. The molecule has 0 aromatic heterocycles. The molecule has 0 rings (SSSR count). The molecule has 0 fully saturated rings. The van der Waals surface area contributed by atoms with Crippen molar-refractivity contribution in [3.05, 3.63) is 0 Å². The lowest BCUT2D eigenvalue weighted by Gasteiger charge is -2.09. The molecular weight excluding hydrogens is 168 g/mol. The summed E-state index contributed by atoms with van der Waals surface area (Å²) in [6.45, 7) is 2.21. The Labute approximate surface area is 73.0 Å². The largest absolute Gasteiger partial charge is 0.179 e. The fraction of sp³-hybridized carbons (Fsp3) is 1.00. The summed E-state index contributed by atoms with van der Waals surface area (Å²) in [6.07, 6.45) is 2.45. The Balaban J connectivity index is 3.18. The van der Waals surface area contributed by atoms with Crippen molar-refractivity contribution in [1.29, 1.82) is 0 Å². The third-order valence-corrected chi connectivity index (χ3v) is 3.11. The van der Waals surface area contributed by atoms with Crippen LogP contribution >= 0.6 is 37.0 Å². The average Bonchev–Trinajstić information content (AvgIpc) is 1.88. The van der Waals surface area contributed by atoms with Gasteiger partial charge in [0.1, 0.15) is 0 Å². The van der Waals surface area contributed by atoms with Crippen LogP contribution in [0.3, 0.4) is 0 Å². The van der Waals surface area contributed by atoms with E-state index in [1.54, 1.807) is 0 Å². The van der Waals surface area contributed by atoms with Crippen LogP contribution in [-0.4, -0.2) is 16.1 Å². The highest BCUT2D eigenvalue weighted by Crippen LogP contribution is 2.18. The molecule has 56 valence electrons. The van der Waals surface area contributed by atoms with Crippen LogP contribution in [0, 0.1) is 0 Å². The second-order valence-electron chi connectivity index (χ2n) is 1.84. The molecule has 0 nitrogen and oxygen atoms in total. The molecule has 9 heavy (non-hydrogen) atoms. The Kier molecular flexibility index (Phi) is 8.00. The average molecular weight is 182 g/mol. The van der Waals surface area contributed by atoms with Crippen molar-refractivity contribution in [2.24, 2.45) is 0 Å². The predicted octanol–water partition coefficient (Wildman–Crippen LogP) is 2.71. The van der Waals surface area contributed by atoms with Crippen LogP contribution in [0.25, 0.3) is 0 Å². The Bertz CT molecular complexity index is 50.3. The summed E-state index contributed by atoms with van der Waals surface area (Å²) >= 11 is 10.2. The molecule has 1 unspecified atom stereocenters. The molecule has 0 amide bonds. The summed E-state index contributed by atoms with van der Waals surface area (Å²) in [5.74, 6) is 0.999. The highest BCUT2D eigenvalue weighted by Gasteiger charge is 2.02. The molecule has 0 aliphatic carbocycles. The molecule has 0 aromatic carbocycles. The molecular formula is C6H14S3. The Morgan fingerprint density at radius 2 is 2.11 bits per heavy atom. The van der Waals surface area contributed by atoms with Crippen molar-refractivity contribution in [3.8, 4) is 0 Å². The lowest BCUT2D eigenvalue weighted by molar-refractivity contribution is 0.802. The maximum atomic E-state index is 4.17. The molecule has 0 spiro atoms. The number of hydrogen-bond donors (Lipinski definition) is 2. The first-order valence-electron chi connectivity index (χ1n) is 3.18. The minimum absolute atomic E-state index is 0.778. The van der Waals surface area contributed by atoms with Gasteiger partial charge in [-0.2, -0.15) is 25.3 Å². The van der Waals surface area contributed by atoms with Gasteiger partial charge in [0.15, 0.2) is 0 Å². The second-order valence-corrected chi connectivity index (χ2v) is 4.32. The molecule has 0 aromatic rings. The third kappa shape index (κ3) is 5.49. The van der Waals surface area contributed by atoms with Gasteiger partial charge in [0.2, 0.25) is 0 Å². The van der Waals surface area contributed by atoms with E-state index in [-0.39, 0.29) is 0 Å². The van der Waals surface area contributed by atoms with Crippen LogP contribution in [0.1, 0.15) is 19.8 Å². The smallest absolute Gasteiger partial charge is 0.0364 e. The molecule has 0 aliphatic rings. The molecule has 0 saturated carbocycles. The zero-order valence-electron chi connectivity index (χ0n) is 5.71. The molecule has 3 heteroatoms. The summed E-state index contributed by atoms with van der Waals surface area (Å²) in [4.78, 5) is 0. The quantitative estimate of drug-likeness (QED) is 0.487. The van der Waals surface area contributed by atoms with E-state index >= 15 is 0 Å². The maximum absolute atomic E-state index is 4.17. The number of hydrogen-bond acceptors (Lipinski definition) is 3. The summed E-state index contributed by atoms with van der Waals surface area (Å²) in [7, 11) is 0. The van der Waals surface area contributed by atoms with Crippen LogP contribution < -0.4 is 0 Å². The summed E-state index contributed by atoms with van der Waals surface area (Å²) in [5.41, 5.74) is 0. The molecule has 0 radical (unpaired) electrons. The van der Waals surface area contributed by atoms with Gasteiger partial charge in [-0.1, -0.05) is 6.92 Å². The first kappa shape index (κ1) is 10.0. The molecule has 0 bridgehead atoms. The van der Waals surface area contributed by atoms with Crippen molar-refractivity contribution >= 4 is 37.0 Å². The Hall–Kier alpha value is 1.05. The van der Waals surface area contributed by atoms with Gasteiger partial charge in [-0.3, -0.25) is 0 Å². The lowest BCUT2D eigenvalue weighted by Crippen LogP contribution is -2.00. The zero-order chi connectivity index (χ0) is 7.11. The maximum Gasteiger partial charge on any atom is 0.0364 e. The summed E-state index contributed by atoms with van der Waals surface area (Å²) in [5, 5.41) is 1.71. The van der Waals surface area contributed by atoms with Gasteiger partial charge in [-0.05, 0) is 18.6 Å². The molecule has 0 saturated heterocycles. The van der Waals surface area contributed by atoms with Crippen LogP contribution in [0.5, 0.6) is 0 Å². The van der Waals surface area contributed by atoms with E-state index < -0.39 is 0 Å². The van der Waals surface area contributed by atoms with E-state index in [9.17, 15) is 0 Å². The van der Waals surface area contributed by atoms with E-state index in [4.69, 9.17) is 0 Å². The highest BCUT2D eigenvalue weighted by molar-refractivity contribution is 8.09. The van der Waals surface area contributed by atoms with Crippen molar-refractivity contribution < 1.29 is 0 Å². The minimum atomic E-state index is 0.778. The van der Waals surface area contributed by atoms with Gasteiger partial charge in [0.05, 0.1) is 0 Å². The Morgan fingerprint density at radius 3 is 2.44 bits per heavy atom. The van der Waals surface area contributed by atoms with Gasteiger partial charge in [-0.25, -0.2) is 0 Å². The van der Waals surface area contributed by atoms with Gasteiger partial charge < -0.3 is 0 Å². The fourth-order valence-electron chi connectivity index (χ4n) is 0.655. The van der Waals surface area contributed by atoms with Gasteiger partial charge in [-0.15, -0.1) is 11.8 Å². The summed E-state index contributed by atoms with van der Waals surface area (Å²) < 4.78 is 0. The van der Waals surface area contributed by atoms with E-state index in [1.807, 2.05) is 11.8 Å². The highest BCUT2D eigenvalue weighted by atomic mass is 32.2. The minimum Gasteiger partial charge on any atom is -0.179 e. The van der Waals surface area contributed by atoms with Crippen LogP contribution in [0.15, 0.2) is 0 Å². The van der Waals surface area contributed by atoms with E-state index in [2.05, 4.69) is 32.2 Å². The van der Waals surface area contributed by atoms with Gasteiger partial charge >= 0.3 is 0 Å². The van der Waals surface area contributed by atoms with Crippen LogP contribution in [0.4, 0.5) is 0 Å². The molecule has 0 N–H and O–H groups in total. The monoisotopic (exact) mass is 182 g/mol. The van der Waals surface area contributed by atoms with Crippen molar-refractivity contribution in [3.63, 3.8) is 0 Å². The van der Waals surface area contributed by atoms with Gasteiger partial charge in [0, 0.05) is 10.3 Å².